The summed E-state index contributed by atoms with van der Waals surface area (Å²) in [5, 5.41) is 9.01. The van der Waals surface area contributed by atoms with Gasteiger partial charge in [0.05, 0.1) is 34.4 Å². The standard InChI is InChI=1S/C38H29Cl2F3N6O6S/c1-21(29-13-15-44-19-31(29)46-33(50)23-5-3-7-25(39)17-23)37(22(2)30-14-16-45-20-32(30)47-34(51)24-6-4-8-26(40)18-24)35(52)49(36(53)48-37)27-9-11-28(12-10-27)56(54,55)38(41,42)43/h3-22H,1-2H3,(H,46,50)(H,47,51)(H,48,53). The molecule has 1 saturated heterocycles. The number of urea groups is 1. The Bertz CT molecular complexity index is 2380. The van der Waals surface area contributed by atoms with Gasteiger partial charge in [-0.25, -0.2) is 18.1 Å². The maximum absolute atomic E-state index is 15.0. The highest BCUT2D eigenvalue weighted by Gasteiger charge is 2.59. The van der Waals surface area contributed by atoms with Gasteiger partial charge in [-0.05, 0) is 83.9 Å². The van der Waals surface area contributed by atoms with E-state index in [1.807, 2.05) is 0 Å². The van der Waals surface area contributed by atoms with Crippen LogP contribution in [0.15, 0.2) is 115 Å². The number of alkyl halides is 3. The normalized spacial score (nSPS) is 16.9. The van der Waals surface area contributed by atoms with Crippen LogP contribution in [0.25, 0.3) is 0 Å². The number of halogens is 5. The van der Waals surface area contributed by atoms with Crippen LogP contribution in [-0.2, 0) is 14.6 Å². The number of sulfone groups is 1. The van der Waals surface area contributed by atoms with E-state index in [-0.39, 0.29) is 28.2 Å². The minimum Gasteiger partial charge on any atom is -0.322 e. The number of amides is 5. The number of carbonyl (C=O) groups is 4. The van der Waals surface area contributed by atoms with Crippen molar-refractivity contribution in [2.24, 2.45) is 0 Å². The van der Waals surface area contributed by atoms with Crippen LogP contribution < -0.4 is 20.9 Å². The maximum Gasteiger partial charge on any atom is 0.501 e. The molecule has 1 aliphatic rings. The summed E-state index contributed by atoms with van der Waals surface area (Å²) in [4.78, 5) is 63.6. The van der Waals surface area contributed by atoms with Crippen LogP contribution in [0.2, 0.25) is 10.0 Å². The van der Waals surface area contributed by atoms with Crippen LogP contribution in [0.3, 0.4) is 0 Å². The van der Waals surface area contributed by atoms with E-state index in [2.05, 4.69) is 25.9 Å². The molecule has 2 aromatic heterocycles. The average Bonchev–Trinajstić information content (AvgIpc) is 3.44. The number of nitrogens with one attached hydrogen (secondary N) is 3. The van der Waals surface area contributed by atoms with Crippen LogP contribution in [-0.4, -0.2) is 53.2 Å². The predicted molar refractivity (Wildman–Crippen MR) is 203 cm³/mol. The van der Waals surface area contributed by atoms with Crippen LogP contribution in [0.5, 0.6) is 0 Å². The molecule has 3 N–H and O–H groups in total. The van der Waals surface area contributed by atoms with E-state index < -0.39 is 61.4 Å². The zero-order valence-electron chi connectivity index (χ0n) is 29.1. The fourth-order valence-electron chi connectivity index (χ4n) is 6.58. The number of hydrogen-bond acceptors (Lipinski definition) is 8. The Labute approximate surface area is 328 Å². The van der Waals surface area contributed by atoms with Gasteiger partial charge < -0.3 is 16.0 Å². The molecule has 3 heterocycles. The number of benzene rings is 3. The zero-order chi connectivity index (χ0) is 40.6. The summed E-state index contributed by atoms with van der Waals surface area (Å²) in [5.41, 5.74) is -6.34. The Kier molecular flexibility index (Phi) is 10.9. The molecule has 0 saturated carbocycles. The second-order valence-corrected chi connectivity index (χ2v) is 15.5. The van der Waals surface area contributed by atoms with E-state index in [1.54, 1.807) is 50.2 Å². The van der Waals surface area contributed by atoms with Gasteiger partial charge in [-0.2, -0.15) is 13.2 Å². The lowest BCUT2D eigenvalue weighted by Crippen LogP contribution is -2.55. The molecule has 0 radical (unpaired) electrons. The fraction of sp³-hybridized carbons (Fsp3) is 0.158. The predicted octanol–water partition coefficient (Wildman–Crippen LogP) is 7.98. The van der Waals surface area contributed by atoms with Crippen molar-refractivity contribution in [3.63, 3.8) is 0 Å². The second-order valence-electron chi connectivity index (χ2n) is 12.7. The minimum absolute atomic E-state index is 0.169. The maximum atomic E-state index is 15.0. The molecule has 56 heavy (non-hydrogen) atoms. The lowest BCUT2D eigenvalue weighted by atomic mass is 9.69. The quantitative estimate of drug-likeness (QED) is 0.119. The molecular formula is C38H29Cl2F3N6O6S. The van der Waals surface area contributed by atoms with E-state index in [1.165, 1.54) is 49.1 Å². The first kappa shape index (κ1) is 39.8. The van der Waals surface area contributed by atoms with Crippen molar-refractivity contribution in [2.45, 2.75) is 41.6 Å². The third-order valence-electron chi connectivity index (χ3n) is 9.46. The summed E-state index contributed by atoms with van der Waals surface area (Å²) < 4.78 is 64.1. The number of carbonyl (C=O) groups excluding carboxylic acids is 4. The molecule has 0 bridgehead atoms. The number of pyridine rings is 2. The Morgan fingerprint density at radius 3 is 1.66 bits per heavy atom. The van der Waals surface area contributed by atoms with Gasteiger partial charge in [0.15, 0.2) is 0 Å². The van der Waals surface area contributed by atoms with Crippen molar-refractivity contribution in [1.29, 1.82) is 0 Å². The summed E-state index contributed by atoms with van der Waals surface area (Å²) in [6.45, 7) is 3.24. The number of imide groups is 1. The number of nitrogens with zero attached hydrogens (tertiary/aromatic N) is 3. The summed E-state index contributed by atoms with van der Waals surface area (Å²) in [5.74, 6) is -4.05. The third-order valence-corrected chi connectivity index (χ3v) is 11.4. The van der Waals surface area contributed by atoms with E-state index in [9.17, 15) is 36.0 Å². The number of rotatable bonds is 10. The first-order valence-electron chi connectivity index (χ1n) is 16.6. The molecule has 5 aromatic rings. The summed E-state index contributed by atoms with van der Waals surface area (Å²) in [6.07, 6.45) is 5.55. The molecule has 2 atom stereocenters. The molecule has 288 valence electrons. The smallest absolute Gasteiger partial charge is 0.322 e. The van der Waals surface area contributed by atoms with E-state index in [0.717, 1.165) is 12.1 Å². The van der Waals surface area contributed by atoms with Crippen molar-refractivity contribution in [2.75, 3.05) is 15.5 Å². The van der Waals surface area contributed by atoms with Crippen molar-refractivity contribution in [3.8, 4) is 0 Å². The molecule has 2 unspecified atom stereocenters. The van der Waals surface area contributed by atoms with E-state index in [0.29, 0.717) is 38.2 Å². The van der Waals surface area contributed by atoms with Gasteiger partial charge in [-0.3, -0.25) is 24.4 Å². The number of anilines is 3. The molecule has 12 nitrogen and oxygen atoms in total. The van der Waals surface area contributed by atoms with E-state index >= 15 is 4.79 Å². The van der Waals surface area contributed by atoms with Gasteiger partial charge in [0.25, 0.3) is 27.6 Å². The van der Waals surface area contributed by atoms with Gasteiger partial charge in [0.1, 0.15) is 5.54 Å². The van der Waals surface area contributed by atoms with Gasteiger partial charge in [-0.1, -0.05) is 49.2 Å². The van der Waals surface area contributed by atoms with E-state index in [4.69, 9.17) is 23.2 Å². The lowest BCUT2D eigenvalue weighted by molar-refractivity contribution is -0.123. The molecule has 1 aliphatic heterocycles. The first-order valence-corrected chi connectivity index (χ1v) is 18.8. The average molecular weight is 826 g/mol. The minimum atomic E-state index is -5.74. The number of hydrogen-bond donors (Lipinski definition) is 3. The Hall–Kier alpha value is -5.84. The molecule has 3 aromatic carbocycles. The molecule has 5 amide bonds. The first-order chi connectivity index (χ1) is 26.5. The largest absolute Gasteiger partial charge is 0.501 e. The Morgan fingerprint density at radius 1 is 0.768 bits per heavy atom. The van der Waals surface area contributed by atoms with Gasteiger partial charge in [0, 0.05) is 45.4 Å². The highest BCUT2D eigenvalue weighted by atomic mass is 35.5. The topological polar surface area (TPSA) is 168 Å². The van der Waals surface area contributed by atoms with Crippen LogP contribution in [0, 0.1) is 0 Å². The van der Waals surface area contributed by atoms with Gasteiger partial charge >= 0.3 is 11.5 Å². The van der Waals surface area contributed by atoms with Crippen molar-refractivity contribution in [3.05, 3.63) is 142 Å². The molecule has 18 heteroatoms. The van der Waals surface area contributed by atoms with Crippen molar-refractivity contribution >= 4 is 73.9 Å². The molecule has 1 fully saturated rings. The van der Waals surface area contributed by atoms with Crippen LogP contribution in [0.4, 0.5) is 35.0 Å². The zero-order valence-corrected chi connectivity index (χ0v) is 31.5. The Balaban J connectivity index is 1.46. The van der Waals surface area contributed by atoms with Crippen LogP contribution in [0.1, 0.15) is 57.5 Å². The van der Waals surface area contributed by atoms with Crippen molar-refractivity contribution in [1.82, 2.24) is 15.3 Å². The third kappa shape index (κ3) is 7.42. The highest BCUT2D eigenvalue weighted by Crippen LogP contribution is 2.47. The molecule has 6 rings (SSSR count). The summed E-state index contributed by atoms with van der Waals surface area (Å²) in [6, 6.07) is 17.5. The monoisotopic (exact) mass is 824 g/mol. The van der Waals surface area contributed by atoms with Crippen molar-refractivity contribution < 1.29 is 40.8 Å². The fourth-order valence-corrected chi connectivity index (χ4v) is 7.72. The Morgan fingerprint density at radius 2 is 1.23 bits per heavy atom. The lowest BCUT2D eigenvalue weighted by Gasteiger charge is -2.39. The summed E-state index contributed by atoms with van der Waals surface area (Å²) in [7, 11) is -5.74. The summed E-state index contributed by atoms with van der Waals surface area (Å²) >= 11 is 12.2. The van der Waals surface area contributed by atoms with Crippen LogP contribution >= 0.6 is 23.2 Å². The molecule has 0 spiro atoms. The second kappa shape index (κ2) is 15.4. The van der Waals surface area contributed by atoms with Gasteiger partial charge in [-0.15, -0.1) is 0 Å². The number of aromatic nitrogens is 2. The van der Waals surface area contributed by atoms with Gasteiger partial charge in [0.2, 0.25) is 0 Å². The molecule has 0 aliphatic carbocycles. The molecular weight excluding hydrogens is 796 g/mol. The highest BCUT2D eigenvalue weighted by molar-refractivity contribution is 7.92. The SMILES string of the molecule is CC(c1ccncc1NC(=O)c1cccc(Cl)c1)C1(C(C)c2ccncc2NC(=O)c2cccc(Cl)c2)NC(=O)N(c2ccc(S(=O)(=O)C(F)(F)F)cc2)C1=O.